The lowest BCUT2D eigenvalue weighted by atomic mass is 9.96. The standard InChI is InChI=1S/C10H13NO/c12-10-7-11-6-9(10)8-4-2-1-3-5-8/h1-5,9-12H,6-7H2/t9?,10-/m0/s1. The first-order valence-corrected chi connectivity index (χ1v) is 4.31. The van der Waals surface area contributed by atoms with Crippen molar-refractivity contribution in [2.24, 2.45) is 0 Å². The zero-order chi connectivity index (χ0) is 8.39. The van der Waals surface area contributed by atoms with Crippen LogP contribution in [-0.2, 0) is 0 Å². The molecule has 0 aromatic heterocycles. The molecule has 1 aromatic rings. The van der Waals surface area contributed by atoms with Crippen LogP contribution < -0.4 is 5.32 Å². The maximum atomic E-state index is 9.58. The first kappa shape index (κ1) is 7.77. The monoisotopic (exact) mass is 163 g/mol. The van der Waals surface area contributed by atoms with E-state index < -0.39 is 0 Å². The van der Waals surface area contributed by atoms with Crippen molar-refractivity contribution in [1.82, 2.24) is 5.32 Å². The Labute approximate surface area is 72.2 Å². The van der Waals surface area contributed by atoms with E-state index in [2.05, 4.69) is 17.4 Å². The summed E-state index contributed by atoms with van der Waals surface area (Å²) in [6, 6.07) is 10.2. The van der Waals surface area contributed by atoms with Crippen LogP contribution in [0.2, 0.25) is 0 Å². The molecule has 12 heavy (non-hydrogen) atoms. The fourth-order valence-electron chi connectivity index (χ4n) is 1.71. The van der Waals surface area contributed by atoms with E-state index in [1.807, 2.05) is 18.2 Å². The summed E-state index contributed by atoms with van der Waals surface area (Å²) in [7, 11) is 0. The smallest absolute Gasteiger partial charge is 0.0745 e. The quantitative estimate of drug-likeness (QED) is 0.640. The minimum absolute atomic E-state index is 0.215. The van der Waals surface area contributed by atoms with Gasteiger partial charge >= 0.3 is 0 Å². The summed E-state index contributed by atoms with van der Waals surface area (Å²) in [5.74, 6) is 0.284. The van der Waals surface area contributed by atoms with Gasteiger partial charge in [-0.15, -0.1) is 0 Å². The summed E-state index contributed by atoms with van der Waals surface area (Å²) in [6.45, 7) is 1.62. The summed E-state index contributed by atoms with van der Waals surface area (Å²) in [6.07, 6.45) is -0.215. The predicted octanol–water partition coefficient (Wildman–Crippen LogP) is 0.734. The van der Waals surface area contributed by atoms with Crippen LogP contribution in [-0.4, -0.2) is 24.3 Å². The van der Waals surface area contributed by atoms with Crippen LogP contribution in [0.4, 0.5) is 0 Å². The van der Waals surface area contributed by atoms with Gasteiger partial charge in [0.15, 0.2) is 0 Å². The van der Waals surface area contributed by atoms with E-state index in [0.717, 1.165) is 13.1 Å². The molecule has 2 rings (SSSR count). The number of benzene rings is 1. The van der Waals surface area contributed by atoms with E-state index in [9.17, 15) is 5.11 Å². The van der Waals surface area contributed by atoms with Crippen molar-refractivity contribution in [2.45, 2.75) is 12.0 Å². The molecule has 1 aliphatic rings. The molecule has 1 saturated heterocycles. The Morgan fingerprint density at radius 2 is 1.92 bits per heavy atom. The van der Waals surface area contributed by atoms with Gasteiger partial charge in [-0.3, -0.25) is 0 Å². The lowest BCUT2D eigenvalue weighted by Crippen LogP contribution is -2.15. The Bertz CT molecular complexity index is 247. The molecular weight excluding hydrogens is 150 g/mol. The third-order valence-corrected chi connectivity index (χ3v) is 2.41. The van der Waals surface area contributed by atoms with Crippen LogP contribution in [0.3, 0.4) is 0 Å². The molecule has 1 heterocycles. The number of aliphatic hydroxyl groups excluding tert-OH is 1. The highest BCUT2D eigenvalue weighted by molar-refractivity contribution is 5.22. The Morgan fingerprint density at radius 1 is 1.17 bits per heavy atom. The highest BCUT2D eigenvalue weighted by Crippen LogP contribution is 2.21. The molecular formula is C10H13NO. The molecule has 0 amide bonds. The Morgan fingerprint density at radius 3 is 2.50 bits per heavy atom. The van der Waals surface area contributed by atoms with Crippen LogP contribution in [0.1, 0.15) is 11.5 Å². The summed E-state index contributed by atoms with van der Waals surface area (Å²) < 4.78 is 0. The van der Waals surface area contributed by atoms with E-state index >= 15 is 0 Å². The molecule has 2 nitrogen and oxygen atoms in total. The molecule has 2 heteroatoms. The van der Waals surface area contributed by atoms with Gasteiger partial charge < -0.3 is 10.4 Å². The van der Waals surface area contributed by atoms with E-state index in [0.29, 0.717) is 0 Å². The summed E-state index contributed by atoms with van der Waals surface area (Å²) in [5.41, 5.74) is 1.23. The second-order valence-corrected chi connectivity index (χ2v) is 3.24. The van der Waals surface area contributed by atoms with Gasteiger partial charge in [0.25, 0.3) is 0 Å². The molecule has 0 radical (unpaired) electrons. The first-order chi connectivity index (χ1) is 5.88. The molecule has 0 spiro atoms. The largest absolute Gasteiger partial charge is 0.391 e. The van der Waals surface area contributed by atoms with Crippen molar-refractivity contribution in [2.75, 3.05) is 13.1 Å². The average Bonchev–Trinajstić information content (AvgIpc) is 2.53. The van der Waals surface area contributed by atoms with E-state index in [4.69, 9.17) is 0 Å². The maximum Gasteiger partial charge on any atom is 0.0745 e. The Hall–Kier alpha value is -0.860. The number of rotatable bonds is 1. The van der Waals surface area contributed by atoms with Crippen molar-refractivity contribution in [3.8, 4) is 0 Å². The predicted molar refractivity (Wildman–Crippen MR) is 48.1 cm³/mol. The van der Waals surface area contributed by atoms with Crippen LogP contribution in [0.5, 0.6) is 0 Å². The number of hydrogen-bond acceptors (Lipinski definition) is 2. The summed E-state index contributed by atoms with van der Waals surface area (Å²) >= 11 is 0. The first-order valence-electron chi connectivity index (χ1n) is 4.31. The Kier molecular flexibility index (Phi) is 2.11. The molecule has 1 unspecified atom stereocenters. The topological polar surface area (TPSA) is 32.3 Å². The number of hydrogen-bond donors (Lipinski definition) is 2. The summed E-state index contributed by atoms with van der Waals surface area (Å²) in [4.78, 5) is 0. The number of nitrogens with one attached hydrogen (secondary N) is 1. The van der Waals surface area contributed by atoms with Crippen molar-refractivity contribution in [3.05, 3.63) is 35.9 Å². The average molecular weight is 163 g/mol. The molecule has 1 aromatic carbocycles. The molecule has 0 saturated carbocycles. The molecule has 2 N–H and O–H groups in total. The van der Waals surface area contributed by atoms with Gasteiger partial charge in [-0.05, 0) is 5.56 Å². The van der Waals surface area contributed by atoms with Crippen LogP contribution in [0.15, 0.2) is 30.3 Å². The number of aliphatic hydroxyl groups is 1. The highest BCUT2D eigenvalue weighted by Gasteiger charge is 2.25. The van der Waals surface area contributed by atoms with Crippen molar-refractivity contribution in [1.29, 1.82) is 0 Å². The zero-order valence-corrected chi connectivity index (χ0v) is 6.90. The fourth-order valence-corrected chi connectivity index (χ4v) is 1.71. The molecule has 0 aliphatic carbocycles. The third-order valence-electron chi connectivity index (χ3n) is 2.41. The molecule has 2 atom stereocenters. The van der Waals surface area contributed by atoms with Crippen LogP contribution in [0, 0.1) is 0 Å². The van der Waals surface area contributed by atoms with Gasteiger partial charge in [-0.25, -0.2) is 0 Å². The van der Waals surface area contributed by atoms with Gasteiger partial charge in [0.05, 0.1) is 6.10 Å². The molecule has 1 fully saturated rings. The molecule has 0 bridgehead atoms. The van der Waals surface area contributed by atoms with E-state index in [1.165, 1.54) is 5.56 Å². The Balaban J connectivity index is 2.19. The second-order valence-electron chi connectivity index (χ2n) is 3.24. The van der Waals surface area contributed by atoms with Gasteiger partial charge in [-0.1, -0.05) is 30.3 Å². The van der Waals surface area contributed by atoms with Crippen molar-refractivity contribution >= 4 is 0 Å². The van der Waals surface area contributed by atoms with Crippen molar-refractivity contribution in [3.63, 3.8) is 0 Å². The molecule has 1 aliphatic heterocycles. The SMILES string of the molecule is O[C@H]1CNCC1c1ccccc1. The number of β-amino-alcohol motifs (C(OH)–C–C–N with tert-alkyl or cyclic N) is 1. The second kappa shape index (κ2) is 3.25. The molecule has 64 valence electrons. The van der Waals surface area contributed by atoms with Crippen LogP contribution in [0.25, 0.3) is 0 Å². The van der Waals surface area contributed by atoms with Gasteiger partial charge in [0.1, 0.15) is 0 Å². The minimum Gasteiger partial charge on any atom is -0.391 e. The van der Waals surface area contributed by atoms with Crippen molar-refractivity contribution < 1.29 is 5.11 Å². The highest BCUT2D eigenvalue weighted by atomic mass is 16.3. The zero-order valence-electron chi connectivity index (χ0n) is 6.90. The van der Waals surface area contributed by atoms with Gasteiger partial charge in [-0.2, -0.15) is 0 Å². The maximum absolute atomic E-state index is 9.58. The lowest BCUT2D eigenvalue weighted by molar-refractivity contribution is 0.178. The minimum atomic E-state index is -0.215. The van der Waals surface area contributed by atoms with Crippen LogP contribution >= 0.6 is 0 Å². The van der Waals surface area contributed by atoms with E-state index in [-0.39, 0.29) is 12.0 Å². The fraction of sp³-hybridized carbons (Fsp3) is 0.400. The van der Waals surface area contributed by atoms with E-state index in [1.54, 1.807) is 0 Å². The lowest BCUT2D eigenvalue weighted by Gasteiger charge is -2.12. The third kappa shape index (κ3) is 1.36. The van der Waals surface area contributed by atoms with Gasteiger partial charge in [0.2, 0.25) is 0 Å². The van der Waals surface area contributed by atoms with Gasteiger partial charge in [0, 0.05) is 19.0 Å². The normalized spacial score (nSPS) is 29.1. The summed E-state index contributed by atoms with van der Waals surface area (Å²) in [5, 5.41) is 12.8.